The Morgan fingerprint density at radius 2 is 1.83 bits per heavy atom. The van der Waals surface area contributed by atoms with Crippen LogP contribution in [-0.4, -0.2) is 20.0 Å². The first-order valence-electron chi connectivity index (χ1n) is 10.2. The summed E-state index contributed by atoms with van der Waals surface area (Å²) < 4.78 is 43.1. The van der Waals surface area contributed by atoms with Crippen LogP contribution in [0.3, 0.4) is 0 Å². The molecule has 0 saturated heterocycles. The van der Waals surface area contributed by atoms with Crippen molar-refractivity contribution < 1.29 is 13.2 Å². The van der Waals surface area contributed by atoms with Gasteiger partial charge in [-0.1, -0.05) is 51.1 Å². The first-order valence-corrected chi connectivity index (χ1v) is 10.2. The lowest BCUT2D eigenvalue weighted by molar-refractivity contribution is -0.143. The van der Waals surface area contributed by atoms with Crippen molar-refractivity contribution in [3.8, 4) is 11.3 Å². The molecule has 3 aromatic rings. The molecule has 2 aliphatic carbocycles. The van der Waals surface area contributed by atoms with Crippen LogP contribution in [0.2, 0.25) is 0 Å². The molecule has 0 amide bonds. The van der Waals surface area contributed by atoms with Gasteiger partial charge < -0.3 is 0 Å². The van der Waals surface area contributed by atoms with Gasteiger partial charge in [-0.2, -0.15) is 28.5 Å². The molecule has 2 aliphatic rings. The normalized spacial score (nSPS) is 24.3. The number of benzene rings is 1. The quantitative estimate of drug-likeness (QED) is 0.564. The fourth-order valence-electron chi connectivity index (χ4n) is 5.45. The maximum atomic E-state index is 14.0. The summed E-state index contributed by atoms with van der Waals surface area (Å²) in [7, 11) is 0. The smallest absolute Gasteiger partial charge is 0.255 e. The number of halogens is 3. The lowest BCUT2D eigenvalue weighted by Crippen LogP contribution is -2.32. The number of rotatable bonds is 3. The first kappa shape index (κ1) is 19.3. The summed E-state index contributed by atoms with van der Waals surface area (Å²) in [4.78, 5) is 0. The second-order valence-electron chi connectivity index (χ2n) is 9.23. The van der Waals surface area contributed by atoms with Gasteiger partial charge in [0.15, 0.2) is 5.69 Å². The molecule has 1 aromatic carbocycles. The minimum absolute atomic E-state index is 0.0144. The molecule has 0 spiro atoms. The van der Waals surface area contributed by atoms with Crippen molar-refractivity contribution in [1.29, 1.82) is 0 Å². The van der Waals surface area contributed by atoms with Gasteiger partial charge in [0.25, 0.3) is 0 Å². The Morgan fingerprint density at radius 3 is 2.53 bits per heavy atom. The number of aromatic nitrogens is 4. The number of hydrogen-bond acceptors (Lipinski definition) is 3. The van der Waals surface area contributed by atoms with E-state index in [0.717, 1.165) is 34.3 Å². The largest absolute Gasteiger partial charge is 0.433 e. The fourth-order valence-corrected chi connectivity index (χ4v) is 5.45. The molecule has 4 nitrogen and oxygen atoms in total. The van der Waals surface area contributed by atoms with Crippen LogP contribution in [0.25, 0.3) is 11.3 Å². The summed E-state index contributed by atoms with van der Waals surface area (Å²) >= 11 is 0. The molecule has 2 aromatic heterocycles. The highest BCUT2D eigenvalue weighted by atomic mass is 19.4. The van der Waals surface area contributed by atoms with Crippen molar-refractivity contribution in [2.75, 3.05) is 0 Å². The zero-order valence-corrected chi connectivity index (χ0v) is 17.2. The Balaban J connectivity index is 1.60. The molecule has 30 heavy (non-hydrogen) atoms. The monoisotopic (exact) mass is 412 g/mol. The van der Waals surface area contributed by atoms with Gasteiger partial charge in [-0.3, -0.25) is 4.68 Å². The van der Waals surface area contributed by atoms with E-state index in [9.17, 15) is 13.2 Å². The molecule has 156 valence electrons. The minimum Gasteiger partial charge on any atom is -0.255 e. The average Bonchev–Trinajstić information content (AvgIpc) is 3.26. The van der Waals surface area contributed by atoms with Crippen LogP contribution in [0.15, 0.2) is 42.6 Å². The van der Waals surface area contributed by atoms with E-state index in [0.29, 0.717) is 5.92 Å². The zero-order valence-electron chi connectivity index (χ0n) is 17.2. The molecule has 0 N–H and O–H groups in total. The first-order chi connectivity index (χ1) is 14.1. The molecular weight excluding hydrogens is 389 g/mol. The average molecular weight is 412 g/mol. The molecule has 1 fully saturated rings. The molecule has 2 atom stereocenters. The van der Waals surface area contributed by atoms with Gasteiger partial charge >= 0.3 is 6.18 Å². The third kappa shape index (κ3) is 2.57. The maximum Gasteiger partial charge on any atom is 0.433 e. The van der Waals surface area contributed by atoms with Crippen LogP contribution in [0.5, 0.6) is 0 Å². The highest BCUT2D eigenvalue weighted by Crippen LogP contribution is 2.67. The molecule has 0 radical (unpaired) electrons. The van der Waals surface area contributed by atoms with Gasteiger partial charge in [0.1, 0.15) is 0 Å². The molecular formula is C23H23F3N4. The van der Waals surface area contributed by atoms with Crippen LogP contribution in [0, 0.1) is 5.41 Å². The SMILES string of the molecule is CC1(C)[C@H]2CC[C@]1(C)c1nnc(-c3cnn(Cc4ccccc4)c3C(F)(F)F)cc12. The van der Waals surface area contributed by atoms with E-state index >= 15 is 0 Å². The number of nitrogens with zero attached hydrogens (tertiary/aromatic N) is 4. The van der Waals surface area contributed by atoms with Crippen molar-refractivity contribution in [3.05, 3.63) is 65.1 Å². The van der Waals surface area contributed by atoms with Crippen molar-refractivity contribution >= 4 is 0 Å². The van der Waals surface area contributed by atoms with E-state index in [1.54, 1.807) is 24.3 Å². The Kier molecular flexibility index (Phi) is 3.95. The molecule has 2 heterocycles. The Bertz CT molecular complexity index is 1120. The number of hydrogen-bond donors (Lipinski definition) is 0. The second-order valence-corrected chi connectivity index (χ2v) is 9.23. The third-order valence-corrected chi connectivity index (χ3v) is 7.51. The van der Waals surface area contributed by atoms with Crippen molar-refractivity contribution in [2.24, 2.45) is 5.41 Å². The highest BCUT2D eigenvalue weighted by Gasteiger charge is 2.60. The van der Waals surface area contributed by atoms with E-state index in [2.05, 4.69) is 36.1 Å². The van der Waals surface area contributed by atoms with Crippen LogP contribution in [-0.2, 0) is 18.1 Å². The Labute approximate surface area is 173 Å². The van der Waals surface area contributed by atoms with Crippen molar-refractivity contribution in [3.63, 3.8) is 0 Å². The van der Waals surface area contributed by atoms with Gasteiger partial charge in [-0.15, -0.1) is 0 Å². The second kappa shape index (κ2) is 6.15. The van der Waals surface area contributed by atoms with Gasteiger partial charge in [-0.25, -0.2) is 0 Å². The molecule has 1 saturated carbocycles. The summed E-state index contributed by atoms with van der Waals surface area (Å²) in [6.07, 6.45) is -1.22. The Hall–Kier alpha value is -2.70. The highest BCUT2D eigenvalue weighted by molar-refractivity contribution is 5.64. The third-order valence-electron chi connectivity index (χ3n) is 7.51. The van der Waals surface area contributed by atoms with Crippen LogP contribution in [0.1, 0.15) is 62.0 Å². The minimum atomic E-state index is -4.55. The van der Waals surface area contributed by atoms with Crippen LogP contribution in [0.4, 0.5) is 13.2 Å². The predicted molar refractivity (Wildman–Crippen MR) is 107 cm³/mol. The topological polar surface area (TPSA) is 43.6 Å². The van der Waals surface area contributed by atoms with E-state index in [-0.39, 0.29) is 28.6 Å². The van der Waals surface area contributed by atoms with Gasteiger partial charge in [-0.05, 0) is 41.4 Å². The summed E-state index contributed by atoms with van der Waals surface area (Å²) in [5.41, 5.74) is 2.13. The molecule has 0 aliphatic heterocycles. The van der Waals surface area contributed by atoms with E-state index < -0.39 is 11.9 Å². The standard InChI is InChI=1S/C23H23F3N4/c1-21(2)17-9-10-22(21,3)19-15(17)11-18(28-29-19)16-12-27-30(20(16)23(24,25)26)13-14-7-5-4-6-8-14/h4-8,11-12,17H,9-10,13H2,1-3H3/t17-,22+/m0/s1. The van der Waals surface area contributed by atoms with Crippen molar-refractivity contribution in [2.45, 2.75) is 57.7 Å². The fraction of sp³-hybridized carbons (Fsp3) is 0.435. The van der Waals surface area contributed by atoms with Crippen molar-refractivity contribution in [1.82, 2.24) is 20.0 Å². The molecule has 7 heteroatoms. The van der Waals surface area contributed by atoms with Gasteiger partial charge in [0.05, 0.1) is 29.7 Å². The summed E-state index contributed by atoms with van der Waals surface area (Å²) in [6, 6.07) is 10.8. The molecule has 5 rings (SSSR count). The summed E-state index contributed by atoms with van der Waals surface area (Å²) in [5, 5.41) is 12.8. The lowest BCUT2D eigenvalue weighted by Gasteiger charge is -2.33. The van der Waals surface area contributed by atoms with E-state index in [1.165, 1.54) is 6.20 Å². The lowest BCUT2D eigenvalue weighted by atomic mass is 9.70. The van der Waals surface area contributed by atoms with E-state index in [1.807, 2.05) is 12.1 Å². The number of fused-ring (bicyclic) bond motifs is 5. The summed E-state index contributed by atoms with van der Waals surface area (Å²) in [6.45, 7) is 6.70. The maximum absolute atomic E-state index is 14.0. The summed E-state index contributed by atoms with van der Waals surface area (Å²) in [5.74, 6) is 0.292. The predicted octanol–water partition coefficient (Wildman–Crippen LogP) is 5.58. The van der Waals surface area contributed by atoms with E-state index in [4.69, 9.17) is 0 Å². The Morgan fingerprint density at radius 1 is 1.10 bits per heavy atom. The molecule has 0 unspecified atom stereocenters. The molecule has 2 bridgehead atoms. The number of alkyl halides is 3. The van der Waals surface area contributed by atoms with Crippen LogP contribution < -0.4 is 0 Å². The van der Waals surface area contributed by atoms with Crippen LogP contribution >= 0.6 is 0 Å². The van der Waals surface area contributed by atoms with Gasteiger partial charge in [0.2, 0.25) is 0 Å². The van der Waals surface area contributed by atoms with Gasteiger partial charge in [0, 0.05) is 5.41 Å². The zero-order chi connectivity index (χ0) is 21.3.